The third-order valence-corrected chi connectivity index (χ3v) is 12.6. The van der Waals surface area contributed by atoms with Gasteiger partial charge in [0.15, 0.2) is 23.6 Å². The van der Waals surface area contributed by atoms with Gasteiger partial charge >= 0.3 is 5.51 Å². The number of aliphatic hydroxyl groups excluding tert-OH is 3. The summed E-state index contributed by atoms with van der Waals surface area (Å²) in [5.74, 6) is -2.09. The Balaban J connectivity index is 1.77. The highest BCUT2D eigenvalue weighted by Crippen LogP contribution is 2.60. The number of sulfone groups is 1. The van der Waals surface area contributed by atoms with Crippen LogP contribution in [0, 0.1) is 5.92 Å². The number of amides is 1. The molecule has 17 nitrogen and oxygen atoms in total. The lowest BCUT2D eigenvalue weighted by Crippen LogP contribution is -2.60. The third-order valence-electron chi connectivity index (χ3n) is 8.51. The molecule has 1 spiro atoms. The number of nitrogens with one attached hydrogen (secondary N) is 1. The minimum atomic E-state index is -6.60. The van der Waals surface area contributed by atoms with E-state index in [0.717, 1.165) is 6.33 Å². The molecular formula is C28H42F3N5O12SSi. The molecule has 3 aliphatic heterocycles. The average Bonchev–Trinajstić information content (AvgIpc) is 3.20. The highest BCUT2D eigenvalue weighted by Gasteiger charge is 2.83. The molecule has 9 atom stereocenters. The minimum absolute atomic E-state index is 0.625. The molecule has 2 aromatic rings. The van der Waals surface area contributed by atoms with Gasteiger partial charge in [-0.05, 0) is 41.5 Å². The molecule has 0 bridgehead atoms. The lowest BCUT2D eigenvalue weighted by molar-refractivity contribution is -0.148. The first-order valence-electron chi connectivity index (χ1n) is 15.7. The molecule has 22 heteroatoms. The molecule has 0 saturated carbocycles. The lowest BCUT2D eigenvalue weighted by atomic mass is 10.1. The molecule has 5 rings (SSSR count). The predicted octanol–water partition coefficient (Wildman–Crippen LogP) is -0.845. The van der Waals surface area contributed by atoms with Crippen LogP contribution in [0.5, 0.6) is 0 Å². The Bertz CT molecular complexity index is 1830. The molecule has 1 amide bonds. The van der Waals surface area contributed by atoms with Gasteiger partial charge in [0, 0.05) is 5.92 Å². The molecule has 1 unspecified atom stereocenters. The number of hydrogen-bond acceptors (Lipinski definition) is 14. The molecule has 50 heavy (non-hydrogen) atoms. The molecule has 0 aliphatic carbocycles. The highest BCUT2D eigenvalue weighted by molar-refractivity contribution is 7.93. The van der Waals surface area contributed by atoms with Crippen molar-refractivity contribution in [2.75, 3.05) is 11.9 Å². The first-order chi connectivity index (χ1) is 22.7. The maximum absolute atomic E-state index is 14.5. The zero-order valence-electron chi connectivity index (χ0n) is 28.5. The van der Waals surface area contributed by atoms with Crippen LogP contribution in [0.15, 0.2) is 11.1 Å². The molecule has 5 N–H and O–H groups in total. The quantitative estimate of drug-likeness (QED) is 0.207. The summed E-state index contributed by atoms with van der Waals surface area (Å²) >= 11 is 0. The van der Waals surface area contributed by atoms with Gasteiger partial charge in [0.2, 0.25) is 16.8 Å². The van der Waals surface area contributed by atoms with Gasteiger partial charge in [0.05, 0.1) is 29.9 Å². The summed E-state index contributed by atoms with van der Waals surface area (Å²) < 4.78 is 95.5. The van der Waals surface area contributed by atoms with E-state index in [2.05, 4.69) is 15.3 Å². The Morgan fingerprint density at radius 3 is 2.22 bits per heavy atom. The van der Waals surface area contributed by atoms with Gasteiger partial charge in [-0.2, -0.15) is 18.2 Å². The Hall–Kier alpha value is -2.54. The first-order valence-corrected chi connectivity index (χ1v) is 18.7. The summed E-state index contributed by atoms with van der Waals surface area (Å²) in [5.41, 5.74) is -11.5. The van der Waals surface area contributed by atoms with E-state index in [1.807, 2.05) is 0 Å². The van der Waals surface area contributed by atoms with E-state index in [9.17, 15) is 51.6 Å². The molecule has 282 valence electrons. The summed E-state index contributed by atoms with van der Waals surface area (Å²) in [5, 5.41) is 43.4. The van der Waals surface area contributed by atoms with Crippen LogP contribution >= 0.6 is 0 Å². The number of alkyl halides is 3. The summed E-state index contributed by atoms with van der Waals surface area (Å²) in [6, 6.07) is 0. The Labute approximate surface area is 286 Å². The monoisotopic (exact) mass is 757 g/mol. The first kappa shape index (κ1) is 38.7. The van der Waals surface area contributed by atoms with E-state index in [1.54, 1.807) is 20.8 Å². The van der Waals surface area contributed by atoms with Gasteiger partial charge in [-0.3, -0.25) is 19.5 Å². The average molecular weight is 758 g/mol. The van der Waals surface area contributed by atoms with Crippen molar-refractivity contribution >= 4 is 42.4 Å². The van der Waals surface area contributed by atoms with E-state index < -0.39 is 130 Å². The molecule has 2 aromatic heterocycles. The fourth-order valence-corrected chi connectivity index (χ4v) is 9.89. The van der Waals surface area contributed by atoms with Crippen LogP contribution in [0.3, 0.4) is 0 Å². The van der Waals surface area contributed by atoms with Crippen molar-refractivity contribution in [2.24, 2.45) is 5.92 Å². The van der Waals surface area contributed by atoms with Crippen molar-refractivity contribution in [2.45, 2.75) is 125 Å². The minimum Gasteiger partial charge on any atom is -0.394 e. The fourth-order valence-electron chi connectivity index (χ4n) is 6.11. The number of aliphatic hydroxyl groups is 4. The van der Waals surface area contributed by atoms with Crippen LogP contribution in [-0.2, 0) is 33.6 Å². The number of carbonyl (C=O) groups is 1. The Morgan fingerprint density at radius 1 is 1.12 bits per heavy atom. The molecule has 0 aromatic carbocycles. The predicted molar refractivity (Wildman–Crippen MR) is 169 cm³/mol. The van der Waals surface area contributed by atoms with Gasteiger partial charge in [-0.25, -0.2) is 18.0 Å². The van der Waals surface area contributed by atoms with Crippen LogP contribution in [0.25, 0.3) is 11.2 Å². The van der Waals surface area contributed by atoms with Crippen LogP contribution in [0.1, 0.15) is 67.8 Å². The van der Waals surface area contributed by atoms with Crippen LogP contribution in [0.4, 0.5) is 19.1 Å². The molecule has 3 aliphatic rings. The van der Waals surface area contributed by atoms with Crippen molar-refractivity contribution < 1.29 is 65.8 Å². The van der Waals surface area contributed by atoms with Crippen LogP contribution in [-0.4, -0.2) is 127 Å². The van der Waals surface area contributed by atoms with Crippen LogP contribution < -0.4 is 10.9 Å². The number of halogens is 3. The van der Waals surface area contributed by atoms with Gasteiger partial charge in [0.1, 0.15) is 39.2 Å². The van der Waals surface area contributed by atoms with Crippen molar-refractivity contribution in [3.8, 4) is 0 Å². The summed E-state index contributed by atoms with van der Waals surface area (Å²) in [7, 11) is -8.39. The maximum atomic E-state index is 14.5. The van der Waals surface area contributed by atoms with Crippen molar-refractivity contribution in [1.82, 2.24) is 19.1 Å². The fraction of sp³-hybridized carbons (Fsp3) is 0.786. The molecule has 3 fully saturated rings. The summed E-state index contributed by atoms with van der Waals surface area (Å²) in [6.07, 6.45) is -10.5. The van der Waals surface area contributed by atoms with E-state index in [1.165, 1.54) is 34.6 Å². The highest BCUT2D eigenvalue weighted by atomic mass is 32.2. The molecule has 5 heterocycles. The molecular weight excluding hydrogens is 715 g/mol. The van der Waals surface area contributed by atoms with E-state index in [4.69, 9.17) is 18.9 Å². The summed E-state index contributed by atoms with van der Waals surface area (Å²) in [4.78, 5) is 31.2. The molecule has 0 radical (unpaired) electrons. The second-order valence-electron chi connectivity index (χ2n) is 15.0. The smallest absolute Gasteiger partial charge is 0.394 e. The number of imidazole rings is 1. The number of anilines is 1. The number of hydrogen-bond donors (Lipinski definition) is 5. The second kappa shape index (κ2) is 12.3. The second-order valence-corrected chi connectivity index (χ2v) is 19.3. The van der Waals surface area contributed by atoms with Gasteiger partial charge < -0.3 is 39.4 Å². The number of aromatic nitrogens is 4. The van der Waals surface area contributed by atoms with Crippen LogP contribution in [0.2, 0.25) is 0 Å². The zero-order valence-corrected chi connectivity index (χ0v) is 30.7. The Kier molecular flexibility index (Phi) is 9.49. The van der Waals surface area contributed by atoms with E-state index >= 15 is 0 Å². The zero-order chi connectivity index (χ0) is 37.7. The number of ether oxygens (including phenoxy) is 4. The number of carbonyl (C=O) groups excluding carboxylic acids is 1. The van der Waals surface area contributed by atoms with Gasteiger partial charge in [-0.1, -0.05) is 13.8 Å². The maximum Gasteiger partial charge on any atom is 0.500 e. The van der Waals surface area contributed by atoms with Crippen molar-refractivity contribution in [3.63, 3.8) is 0 Å². The standard InChI is InChI=1S/C28H42F3N5O12SSi/c1-11(2)17(40)34-23-33-16-13(18(41)36(23)19-15(39)14(38)12(9-37)45-19)32-10-35(16)21-26(42,49(43,44)28(29,30)31)20(46-24(3,4)5)27(47-21)22(50-27)48-25(6,7)8/h10-12,14-15,19-22,37-39,42H,9,50H2,1-8H3,(H,33,34,40)/t12-,14-,15+,19-,20+,21-,22?,26+,27-/m1/s1. The SMILES string of the molecule is CC(C)C(=O)Nc1nc2c(ncn2[C@@H]2O[C@@]3([SiH2]C3OC(C)(C)C)[C@@H](OC(C)(C)C)[C@]2(O)S(=O)(=O)C(F)(F)F)c(=O)n1[C@@H]1O[C@H](CO)[C@@H](O)[C@@H]1O. The third kappa shape index (κ3) is 6.19. The largest absolute Gasteiger partial charge is 0.500 e. The summed E-state index contributed by atoms with van der Waals surface area (Å²) in [6.45, 7) is 11.6. The normalized spacial score (nSPS) is 34.0. The number of fused-ring (bicyclic) bond motifs is 1. The van der Waals surface area contributed by atoms with E-state index in [-0.39, 0.29) is 0 Å². The van der Waals surface area contributed by atoms with Gasteiger partial charge in [-0.15, -0.1) is 0 Å². The van der Waals surface area contributed by atoms with Gasteiger partial charge in [0.25, 0.3) is 15.4 Å². The lowest BCUT2D eigenvalue weighted by Gasteiger charge is -2.37. The topological polar surface area (TPSA) is 234 Å². The van der Waals surface area contributed by atoms with Crippen molar-refractivity contribution in [1.29, 1.82) is 0 Å². The molecule has 3 saturated heterocycles. The number of rotatable bonds is 8. The number of nitrogens with zero attached hydrogens (tertiary/aromatic N) is 4. The van der Waals surface area contributed by atoms with E-state index in [0.29, 0.717) is 9.13 Å². The van der Waals surface area contributed by atoms with Crippen molar-refractivity contribution in [3.05, 3.63) is 16.7 Å². The Morgan fingerprint density at radius 2 is 1.72 bits per heavy atom.